The summed E-state index contributed by atoms with van der Waals surface area (Å²) >= 11 is 24.2. The topological polar surface area (TPSA) is 143 Å². The molecular weight excluding hydrogens is 626 g/mol. The standard InChI is InChI=1S/C24H26Cl4N6O5S/c1-34-7-6-15-17(10-34)40-22(32-15)21(37)31-16-8-12(23(38)39-11-24(26,27)28)2-4-14(16)30-19(35)20(36)33-18-5-3-13(25)9-29-18/h3,5,9,12,14,16H,2,4,6-8,10-11H2,1H3,(H,30,35)(H,31,37)(H,29,33,36). The predicted molar refractivity (Wildman–Crippen MR) is 152 cm³/mol. The number of nitrogens with zero attached hydrogens (tertiary/aromatic N) is 3. The van der Waals surface area contributed by atoms with Crippen molar-refractivity contribution in [2.24, 2.45) is 5.92 Å². The van der Waals surface area contributed by atoms with Crippen molar-refractivity contribution in [1.82, 2.24) is 25.5 Å². The molecule has 1 aliphatic heterocycles. The van der Waals surface area contributed by atoms with Gasteiger partial charge in [0.1, 0.15) is 12.4 Å². The second kappa shape index (κ2) is 13.2. The van der Waals surface area contributed by atoms with E-state index in [9.17, 15) is 19.2 Å². The number of alkyl halides is 3. The van der Waals surface area contributed by atoms with E-state index in [0.717, 1.165) is 23.5 Å². The molecule has 216 valence electrons. The number of anilines is 1. The molecule has 1 aliphatic carbocycles. The number of ether oxygens (including phenoxy) is 1. The number of thiazole rings is 1. The zero-order chi connectivity index (χ0) is 29.0. The van der Waals surface area contributed by atoms with Gasteiger partial charge in [-0.1, -0.05) is 46.4 Å². The highest BCUT2D eigenvalue weighted by molar-refractivity contribution is 7.13. The quantitative estimate of drug-likeness (QED) is 0.246. The van der Waals surface area contributed by atoms with Crippen LogP contribution >= 0.6 is 57.7 Å². The number of nitrogens with one attached hydrogen (secondary N) is 3. The van der Waals surface area contributed by atoms with Crippen molar-refractivity contribution in [3.05, 3.63) is 38.9 Å². The molecule has 3 atom stereocenters. The van der Waals surface area contributed by atoms with E-state index in [1.807, 2.05) is 7.05 Å². The van der Waals surface area contributed by atoms with Crippen molar-refractivity contribution in [3.63, 3.8) is 0 Å². The maximum atomic E-state index is 13.2. The van der Waals surface area contributed by atoms with Gasteiger partial charge in [0.2, 0.25) is 3.79 Å². The first-order valence-electron chi connectivity index (χ1n) is 12.3. The Bertz CT molecular complexity index is 1270. The third-order valence-electron chi connectivity index (χ3n) is 6.49. The summed E-state index contributed by atoms with van der Waals surface area (Å²) in [5.74, 6) is -3.37. The third-order valence-corrected chi connectivity index (χ3v) is 8.12. The molecule has 0 aromatic carbocycles. The molecule has 16 heteroatoms. The average Bonchev–Trinajstić information content (AvgIpc) is 3.32. The molecule has 11 nitrogen and oxygen atoms in total. The molecular formula is C24H26Cl4N6O5S. The molecule has 2 aliphatic rings. The van der Waals surface area contributed by atoms with Crippen molar-refractivity contribution >= 4 is 87.2 Å². The van der Waals surface area contributed by atoms with Crippen LogP contribution in [0.4, 0.5) is 5.82 Å². The highest BCUT2D eigenvalue weighted by atomic mass is 35.6. The number of rotatable bonds is 6. The van der Waals surface area contributed by atoms with Crippen molar-refractivity contribution < 1.29 is 23.9 Å². The van der Waals surface area contributed by atoms with E-state index < -0.39 is 52.1 Å². The summed E-state index contributed by atoms with van der Waals surface area (Å²) in [6, 6.07) is 1.61. The van der Waals surface area contributed by atoms with E-state index in [1.54, 1.807) is 0 Å². The molecule has 0 saturated heterocycles. The Morgan fingerprint density at radius 3 is 2.60 bits per heavy atom. The van der Waals surface area contributed by atoms with E-state index in [1.165, 1.54) is 29.7 Å². The molecule has 3 amide bonds. The molecule has 3 heterocycles. The largest absolute Gasteiger partial charge is 0.461 e. The lowest BCUT2D eigenvalue weighted by molar-refractivity contribution is -0.150. The normalized spacial score (nSPS) is 21.2. The first-order valence-corrected chi connectivity index (χ1v) is 14.7. The van der Waals surface area contributed by atoms with Gasteiger partial charge in [-0.3, -0.25) is 19.2 Å². The summed E-state index contributed by atoms with van der Waals surface area (Å²) in [6.07, 6.45) is 2.79. The number of aromatic nitrogens is 2. The summed E-state index contributed by atoms with van der Waals surface area (Å²) in [6.45, 7) is 1.12. The van der Waals surface area contributed by atoms with Crippen LogP contribution in [0.25, 0.3) is 0 Å². The Labute approximate surface area is 254 Å². The van der Waals surface area contributed by atoms with Gasteiger partial charge in [0.15, 0.2) is 5.01 Å². The summed E-state index contributed by atoms with van der Waals surface area (Å²) in [7, 11) is 2.00. The van der Waals surface area contributed by atoms with Crippen LogP contribution in [0.3, 0.4) is 0 Å². The summed E-state index contributed by atoms with van der Waals surface area (Å²) in [5.41, 5.74) is 0.891. The van der Waals surface area contributed by atoms with Crippen molar-refractivity contribution in [2.45, 2.75) is 48.1 Å². The maximum absolute atomic E-state index is 13.2. The molecule has 3 N–H and O–H groups in total. The van der Waals surface area contributed by atoms with Gasteiger partial charge in [-0.25, -0.2) is 9.97 Å². The lowest BCUT2D eigenvalue weighted by Gasteiger charge is -2.36. The summed E-state index contributed by atoms with van der Waals surface area (Å²) < 4.78 is 3.38. The molecule has 40 heavy (non-hydrogen) atoms. The summed E-state index contributed by atoms with van der Waals surface area (Å²) in [5, 5.41) is 8.63. The molecule has 2 aromatic heterocycles. The second-order valence-electron chi connectivity index (χ2n) is 9.59. The number of esters is 1. The van der Waals surface area contributed by atoms with Crippen molar-refractivity contribution in [1.29, 1.82) is 0 Å². The van der Waals surface area contributed by atoms with Gasteiger partial charge in [0, 0.05) is 36.6 Å². The van der Waals surface area contributed by atoms with Gasteiger partial charge in [-0.2, -0.15) is 0 Å². The smallest absolute Gasteiger partial charge is 0.314 e. The number of amides is 3. The van der Waals surface area contributed by atoms with Crippen LogP contribution in [-0.4, -0.2) is 74.6 Å². The zero-order valence-corrected chi connectivity index (χ0v) is 25.1. The first-order chi connectivity index (χ1) is 18.9. The molecule has 0 radical (unpaired) electrons. The van der Waals surface area contributed by atoms with Crippen LogP contribution in [0, 0.1) is 5.92 Å². The van der Waals surface area contributed by atoms with Crippen LogP contribution in [0.5, 0.6) is 0 Å². The maximum Gasteiger partial charge on any atom is 0.314 e. The van der Waals surface area contributed by atoms with E-state index in [-0.39, 0.29) is 23.7 Å². The fourth-order valence-electron chi connectivity index (χ4n) is 4.49. The van der Waals surface area contributed by atoms with Crippen molar-refractivity contribution in [2.75, 3.05) is 25.5 Å². The highest BCUT2D eigenvalue weighted by Crippen LogP contribution is 2.30. The van der Waals surface area contributed by atoms with E-state index in [0.29, 0.717) is 18.0 Å². The number of carbonyl (C=O) groups excluding carboxylic acids is 4. The Hall–Kier alpha value is -2.22. The zero-order valence-electron chi connectivity index (χ0n) is 21.2. The summed E-state index contributed by atoms with van der Waals surface area (Å²) in [4.78, 5) is 62.8. The number of fused-ring (bicyclic) bond motifs is 1. The lowest BCUT2D eigenvalue weighted by Crippen LogP contribution is -2.56. The van der Waals surface area contributed by atoms with E-state index in [2.05, 4.69) is 30.8 Å². The second-order valence-corrected chi connectivity index (χ2v) is 13.6. The van der Waals surface area contributed by atoms with E-state index >= 15 is 0 Å². The molecule has 0 bridgehead atoms. The fourth-order valence-corrected chi connectivity index (χ4v) is 5.86. The minimum atomic E-state index is -1.77. The minimum Gasteiger partial charge on any atom is -0.461 e. The van der Waals surface area contributed by atoms with Crippen LogP contribution in [0.2, 0.25) is 5.02 Å². The van der Waals surface area contributed by atoms with Crippen LogP contribution < -0.4 is 16.0 Å². The highest BCUT2D eigenvalue weighted by Gasteiger charge is 2.38. The number of halogens is 4. The number of hydrogen-bond donors (Lipinski definition) is 3. The van der Waals surface area contributed by atoms with Gasteiger partial charge < -0.3 is 25.6 Å². The predicted octanol–water partition coefficient (Wildman–Crippen LogP) is 3.11. The SMILES string of the molecule is CN1CCc2nc(C(=O)NC3CC(C(=O)OCC(Cl)(Cl)Cl)CCC3NC(=O)C(=O)Nc3ccc(Cl)cn3)sc2C1. The van der Waals surface area contributed by atoms with Crippen LogP contribution in [0.1, 0.15) is 39.6 Å². The Balaban J connectivity index is 1.45. The number of hydrogen-bond acceptors (Lipinski definition) is 9. The van der Waals surface area contributed by atoms with Gasteiger partial charge >= 0.3 is 17.8 Å². The number of likely N-dealkylation sites (N-methyl/N-ethyl adjacent to an activating group) is 1. The van der Waals surface area contributed by atoms with Crippen molar-refractivity contribution in [3.8, 4) is 0 Å². The minimum absolute atomic E-state index is 0.129. The van der Waals surface area contributed by atoms with Crippen LogP contribution in [0.15, 0.2) is 18.3 Å². The van der Waals surface area contributed by atoms with Gasteiger partial charge in [0.05, 0.1) is 22.7 Å². The molecule has 2 aromatic rings. The monoisotopic (exact) mass is 650 g/mol. The lowest BCUT2D eigenvalue weighted by atomic mass is 9.82. The Morgan fingerprint density at radius 2 is 1.90 bits per heavy atom. The molecule has 0 spiro atoms. The fraction of sp³-hybridized carbons (Fsp3) is 0.500. The van der Waals surface area contributed by atoms with Gasteiger partial charge in [-0.05, 0) is 38.4 Å². The number of pyridine rings is 1. The Morgan fingerprint density at radius 1 is 1.12 bits per heavy atom. The van der Waals surface area contributed by atoms with E-state index in [4.69, 9.17) is 51.1 Å². The van der Waals surface area contributed by atoms with Gasteiger partial charge in [0.25, 0.3) is 5.91 Å². The third kappa shape index (κ3) is 8.40. The Kier molecular flexibility index (Phi) is 10.1. The molecule has 1 saturated carbocycles. The first kappa shape index (κ1) is 30.7. The van der Waals surface area contributed by atoms with Gasteiger partial charge in [-0.15, -0.1) is 11.3 Å². The average molecular weight is 652 g/mol. The molecule has 3 unspecified atom stereocenters. The molecule has 1 fully saturated rings. The number of carbonyl (C=O) groups is 4. The molecule has 4 rings (SSSR count). The van der Waals surface area contributed by atoms with Crippen LogP contribution in [-0.2, 0) is 32.1 Å².